The first-order valence-corrected chi connectivity index (χ1v) is 9.74. The normalized spacial score (nSPS) is 17.1. The van der Waals surface area contributed by atoms with Crippen molar-refractivity contribution in [2.45, 2.75) is 77.9 Å². The molecule has 0 atom stereocenters. The minimum absolute atomic E-state index is 0.00434. The Kier molecular flexibility index (Phi) is 9.86. The molecule has 0 aromatic rings. The summed E-state index contributed by atoms with van der Waals surface area (Å²) >= 11 is 0. The molecule has 1 fully saturated rings. The van der Waals surface area contributed by atoms with Gasteiger partial charge in [-0.15, -0.1) is 0 Å². The standard InChI is InChI=1S/C19H38N4O2/c1-6-20-18(23(5)15-17(24)22-19(2,3)4)21-13-14-25-16-11-9-7-8-10-12-16/h16H,6-15H2,1-5H3,(H,20,21)(H,22,24). The van der Waals surface area contributed by atoms with Crippen LogP contribution in [0.15, 0.2) is 4.99 Å². The van der Waals surface area contributed by atoms with Gasteiger partial charge in [-0.05, 0) is 40.5 Å². The number of guanidine groups is 1. The van der Waals surface area contributed by atoms with Crippen molar-refractivity contribution in [1.29, 1.82) is 0 Å². The van der Waals surface area contributed by atoms with E-state index in [0.29, 0.717) is 19.3 Å². The zero-order chi connectivity index (χ0) is 18.7. The van der Waals surface area contributed by atoms with Gasteiger partial charge < -0.3 is 20.3 Å². The summed E-state index contributed by atoms with van der Waals surface area (Å²) in [5.74, 6) is 0.742. The lowest BCUT2D eigenvalue weighted by atomic mass is 10.1. The molecule has 0 heterocycles. The smallest absolute Gasteiger partial charge is 0.240 e. The molecule has 1 amide bonds. The highest BCUT2D eigenvalue weighted by atomic mass is 16.5. The first-order chi connectivity index (χ1) is 11.8. The number of carbonyl (C=O) groups is 1. The molecule has 146 valence electrons. The van der Waals surface area contributed by atoms with Crippen LogP contribution in [-0.4, -0.2) is 61.7 Å². The van der Waals surface area contributed by atoms with Crippen molar-refractivity contribution in [3.63, 3.8) is 0 Å². The molecule has 0 aromatic heterocycles. The number of nitrogens with zero attached hydrogens (tertiary/aromatic N) is 2. The number of rotatable bonds is 7. The number of hydrogen-bond acceptors (Lipinski definition) is 3. The number of hydrogen-bond donors (Lipinski definition) is 2. The van der Waals surface area contributed by atoms with E-state index in [1.54, 1.807) is 0 Å². The Bertz CT molecular complexity index is 410. The molecule has 0 bridgehead atoms. The van der Waals surface area contributed by atoms with Crippen LogP contribution < -0.4 is 10.6 Å². The molecule has 0 saturated heterocycles. The third-order valence-electron chi connectivity index (χ3n) is 4.10. The summed E-state index contributed by atoms with van der Waals surface area (Å²) in [5, 5.41) is 6.21. The van der Waals surface area contributed by atoms with Crippen molar-refractivity contribution in [1.82, 2.24) is 15.5 Å². The highest BCUT2D eigenvalue weighted by Gasteiger charge is 2.17. The second kappa shape index (κ2) is 11.3. The molecule has 0 spiro atoms. The molecule has 6 nitrogen and oxygen atoms in total. The van der Waals surface area contributed by atoms with Crippen LogP contribution >= 0.6 is 0 Å². The molecular formula is C19H38N4O2. The molecular weight excluding hydrogens is 316 g/mol. The fraction of sp³-hybridized carbons (Fsp3) is 0.895. The second-order valence-electron chi connectivity index (χ2n) is 7.87. The van der Waals surface area contributed by atoms with Crippen LogP contribution in [-0.2, 0) is 9.53 Å². The lowest BCUT2D eigenvalue weighted by Gasteiger charge is -2.25. The molecule has 0 unspecified atom stereocenters. The first-order valence-electron chi connectivity index (χ1n) is 9.74. The van der Waals surface area contributed by atoms with Gasteiger partial charge in [-0.1, -0.05) is 25.7 Å². The summed E-state index contributed by atoms with van der Waals surface area (Å²) in [6.45, 7) is 10.3. The largest absolute Gasteiger partial charge is 0.376 e. The van der Waals surface area contributed by atoms with Gasteiger partial charge in [0.05, 0.1) is 25.8 Å². The molecule has 0 aromatic carbocycles. The summed E-state index contributed by atoms with van der Waals surface area (Å²) < 4.78 is 5.99. The van der Waals surface area contributed by atoms with E-state index < -0.39 is 0 Å². The summed E-state index contributed by atoms with van der Waals surface area (Å²) in [7, 11) is 1.88. The molecule has 0 aliphatic heterocycles. The lowest BCUT2D eigenvalue weighted by molar-refractivity contribution is -0.122. The number of likely N-dealkylation sites (N-methyl/N-ethyl adjacent to an activating group) is 1. The predicted octanol–water partition coefficient (Wildman–Crippen LogP) is 2.54. The third-order valence-corrected chi connectivity index (χ3v) is 4.10. The Hall–Kier alpha value is -1.30. The number of carbonyl (C=O) groups excluding carboxylic acids is 1. The predicted molar refractivity (Wildman–Crippen MR) is 104 cm³/mol. The van der Waals surface area contributed by atoms with Gasteiger partial charge >= 0.3 is 0 Å². The van der Waals surface area contributed by atoms with E-state index in [4.69, 9.17) is 4.74 Å². The van der Waals surface area contributed by atoms with Crippen molar-refractivity contribution in [3.05, 3.63) is 0 Å². The number of aliphatic imine (C=N–C) groups is 1. The molecule has 1 rings (SSSR count). The van der Waals surface area contributed by atoms with Gasteiger partial charge in [-0.3, -0.25) is 9.79 Å². The van der Waals surface area contributed by atoms with Crippen molar-refractivity contribution in [3.8, 4) is 0 Å². The average Bonchev–Trinajstić information content (AvgIpc) is 2.77. The lowest BCUT2D eigenvalue weighted by Crippen LogP contribution is -2.48. The average molecular weight is 355 g/mol. The number of amides is 1. The van der Waals surface area contributed by atoms with Gasteiger partial charge in [-0.25, -0.2) is 0 Å². The van der Waals surface area contributed by atoms with Crippen molar-refractivity contribution < 1.29 is 9.53 Å². The van der Waals surface area contributed by atoms with E-state index >= 15 is 0 Å². The first kappa shape index (κ1) is 21.7. The Balaban J connectivity index is 2.42. The maximum absolute atomic E-state index is 12.1. The van der Waals surface area contributed by atoms with Crippen LogP contribution in [0.5, 0.6) is 0 Å². The monoisotopic (exact) mass is 354 g/mol. The van der Waals surface area contributed by atoms with Crippen LogP contribution in [0.2, 0.25) is 0 Å². The third kappa shape index (κ3) is 10.3. The van der Waals surface area contributed by atoms with Crippen LogP contribution in [0.25, 0.3) is 0 Å². The van der Waals surface area contributed by atoms with Crippen molar-refractivity contribution in [2.24, 2.45) is 4.99 Å². The summed E-state index contributed by atoms with van der Waals surface area (Å²) in [4.78, 5) is 18.5. The molecule has 1 saturated carbocycles. The quantitative estimate of drug-likeness (QED) is 0.319. The second-order valence-corrected chi connectivity index (χ2v) is 7.87. The molecule has 1 aliphatic carbocycles. The van der Waals surface area contributed by atoms with E-state index in [-0.39, 0.29) is 18.0 Å². The fourth-order valence-corrected chi connectivity index (χ4v) is 3.00. The number of nitrogens with one attached hydrogen (secondary N) is 2. The zero-order valence-electron chi connectivity index (χ0n) is 16.9. The zero-order valence-corrected chi connectivity index (χ0v) is 16.9. The highest BCUT2D eigenvalue weighted by Crippen LogP contribution is 2.19. The van der Waals surface area contributed by atoms with Crippen LogP contribution in [0.1, 0.15) is 66.2 Å². The Morgan fingerprint density at radius 2 is 1.84 bits per heavy atom. The van der Waals surface area contributed by atoms with Crippen LogP contribution in [0.3, 0.4) is 0 Å². The minimum Gasteiger partial charge on any atom is -0.376 e. The SMILES string of the molecule is CCNC(=NCCOC1CCCCCC1)N(C)CC(=O)NC(C)(C)C. The maximum Gasteiger partial charge on any atom is 0.240 e. The van der Waals surface area contributed by atoms with E-state index in [9.17, 15) is 4.79 Å². The van der Waals surface area contributed by atoms with Gasteiger partial charge in [-0.2, -0.15) is 0 Å². The Morgan fingerprint density at radius 1 is 1.20 bits per heavy atom. The van der Waals surface area contributed by atoms with Crippen LogP contribution in [0.4, 0.5) is 0 Å². The van der Waals surface area contributed by atoms with Gasteiger partial charge in [0.2, 0.25) is 5.91 Å². The van der Waals surface area contributed by atoms with E-state index in [1.165, 1.54) is 38.5 Å². The van der Waals surface area contributed by atoms with Gasteiger partial charge in [0.25, 0.3) is 0 Å². The van der Waals surface area contributed by atoms with Crippen molar-refractivity contribution in [2.75, 3.05) is 33.3 Å². The molecule has 6 heteroatoms. The maximum atomic E-state index is 12.1. The Labute approximate surface area is 153 Å². The molecule has 1 aliphatic rings. The van der Waals surface area contributed by atoms with Crippen LogP contribution in [0, 0.1) is 0 Å². The summed E-state index contributed by atoms with van der Waals surface area (Å²) in [6.07, 6.45) is 7.99. The molecule has 2 N–H and O–H groups in total. The van der Waals surface area contributed by atoms with Crippen molar-refractivity contribution >= 4 is 11.9 Å². The number of ether oxygens (including phenoxy) is 1. The van der Waals surface area contributed by atoms with Gasteiger partial charge in [0, 0.05) is 19.1 Å². The molecule has 0 radical (unpaired) electrons. The topological polar surface area (TPSA) is 66.0 Å². The highest BCUT2D eigenvalue weighted by molar-refractivity contribution is 5.86. The molecule has 25 heavy (non-hydrogen) atoms. The van der Waals surface area contributed by atoms with E-state index in [2.05, 4.69) is 15.6 Å². The fourth-order valence-electron chi connectivity index (χ4n) is 3.00. The summed E-state index contributed by atoms with van der Waals surface area (Å²) in [5.41, 5.74) is -0.222. The van der Waals surface area contributed by atoms with Gasteiger partial charge in [0.1, 0.15) is 0 Å². The van der Waals surface area contributed by atoms with E-state index in [1.807, 2.05) is 39.6 Å². The Morgan fingerprint density at radius 3 is 2.40 bits per heavy atom. The minimum atomic E-state index is -0.222. The van der Waals surface area contributed by atoms with Gasteiger partial charge in [0.15, 0.2) is 5.96 Å². The van der Waals surface area contributed by atoms with E-state index in [0.717, 1.165) is 12.5 Å². The summed E-state index contributed by atoms with van der Waals surface area (Å²) in [6, 6.07) is 0.